The monoisotopic (exact) mass is 181 g/mol. The van der Waals surface area contributed by atoms with Gasteiger partial charge in [0.15, 0.2) is 11.6 Å². The number of aryl methyl sites for hydroxylation is 1. The maximum Gasteiger partial charge on any atom is 0.240 e. The molecule has 0 N–H and O–H groups in total. The van der Waals surface area contributed by atoms with E-state index in [1.165, 1.54) is 13.2 Å². The number of ether oxygens (including phenoxy) is 1. The molecule has 0 radical (unpaired) electrons. The molecule has 0 spiro atoms. The Morgan fingerprint density at radius 1 is 1.54 bits per heavy atom. The predicted molar refractivity (Wildman–Crippen MR) is 45.5 cm³/mol. The minimum absolute atomic E-state index is 0.171. The van der Waals surface area contributed by atoms with Crippen molar-refractivity contribution in [3.05, 3.63) is 23.5 Å². The molecule has 4 heteroatoms. The van der Waals surface area contributed by atoms with Crippen LogP contribution in [0.1, 0.15) is 5.56 Å². The van der Waals surface area contributed by atoms with E-state index >= 15 is 0 Å². The van der Waals surface area contributed by atoms with Crippen LogP contribution in [0.3, 0.4) is 0 Å². The highest BCUT2D eigenvalue weighted by atomic mass is 19.1. The Balaban J connectivity index is 3.27. The van der Waals surface area contributed by atoms with E-state index in [9.17, 15) is 9.18 Å². The summed E-state index contributed by atoms with van der Waals surface area (Å²) in [7, 11) is 1.38. The minimum Gasteiger partial charge on any atom is -0.493 e. The third-order valence-corrected chi connectivity index (χ3v) is 1.59. The molecular weight excluding hydrogens is 173 g/mol. The van der Waals surface area contributed by atoms with Crippen LogP contribution in [0.25, 0.3) is 0 Å². The fraction of sp³-hybridized carbons (Fsp3) is 0.222. The number of benzene rings is 1. The summed E-state index contributed by atoms with van der Waals surface area (Å²) in [4.78, 5) is 13.2. The van der Waals surface area contributed by atoms with Gasteiger partial charge in [0.1, 0.15) is 0 Å². The number of nitrogens with zero attached hydrogens (tertiary/aromatic N) is 1. The summed E-state index contributed by atoms with van der Waals surface area (Å²) < 4.78 is 17.9. The van der Waals surface area contributed by atoms with Gasteiger partial charge in [-0.2, -0.15) is 4.99 Å². The zero-order chi connectivity index (χ0) is 9.84. The summed E-state index contributed by atoms with van der Waals surface area (Å²) in [6.07, 6.45) is 1.34. The zero-order valence-corrected chi connectivity index (χ0v) is 7.30. The van der Waals surface area contributed by atoms with E-state index in [0.717, 1.165) is 6.07 Å². The molecule has 0 amide bonds. The molecule has 0 fully saturated rings. The Kier molecular flexibility index (Phi) is 2.77. The molecule has 0 aliphatic heterocycles. The highest BCUT2D eigenvalue weighted by molar-refractivity contribution is 5.53. The molecule has 3 nitrogen and oxygen atoms in total. The molecule has 0 unspecified atom stereocenters. The highest BCUT2D eigenvalue weighted by Gasteiger charge is 2.07. The number of hydrogen-bond acceptors (Lipinski definition) is 3. The van der Waals surface area contributed by atoms with Crippen molar-refractivity contribution in [2.75, 3.05) is 7.11 Å². The minimum atomic E-state index is -0.531. The number of hydrogen-bond donors (Lipinski definition) is 0. The lowest BCUT2D eigenvalue weighted by atomic mass is 10.2. The molecule has 0 saturated carbocycles. The topological polar surface area (TPSA) is 38.7 Å². The van der Waals surface area contributed by atoms with Gasteiger partial charge in [-0.1, -0.05) is 0 Å². The quantitative estimate of drug-likeness (QED) is 0.517. The van der Waals surface area contributed by atoms with Crippen LogP contribution in [-0.2, 0) is 4.79 Å². The maximum absolute atomic E-state index is 13.1. The molecule has 13 heavy (non-hydrogen) atoms. The van der Waals surface area contributed by atoms with Crippen molar-refractivity contribution in [1.29, 1.82) is 0 Å². The molecule has 1 aromatic rings. The average Bonchev–Trinajstić information content (AvgIpc) is 2.04. The van der Waals surface area contributed by atoms with E-state index in [1.54, 1.807) is 13.0 Å². The van der Waals surface area contributed by atoms with Gasteiger partial charge in [0.05, 0.1) is 12.8 Å². The van der Waals surface area contributed by atoms with Crippen molar-refractivity contribution in [3.63, 3.8) is 0 Å². The van der Waals surface area contributed by atoms with Crippen LogP contribution in [0.4, 0.5) is 10.1 Å². The molecule has 0 atom stereocenters. The number of methoxy groups -OCH3 is 1. The van der Waals surface area contributed by atoms with Crippen LogP contribution in [0, 0.1) is 12.7 Å². The smallest absolute Gasteiger partial charge is 0.240 e. The molecule has 1 rings (SSSR count). The average molecular weight is 181 g/mol. The van der Waals surface area contributed by atoms with Crippen molar-refractivity contribution >= 4 is 11.8 Å². The fourth-order valence-electron chi connectivity index (χ4n) is 1.09. The molecule has 0 aromatic heterocycles. The van der Waals surface area contributed by atoms with Gasteiger partial charge in [0, 0.05) is 6.07 Å². The predicted octanol–water partition coefficient (Wildman–Crippen LogP) is 2.11. The third kappa shape index (κ3) is 1.92. The summed E-state index contributed by atoms with van der Waals surface area (Å²) in [6, 6.07) is 2.67. The normalized spacial score (nSPS) is 9.15. The second kappa shape index (κ2) is 3.83. The van der Waals surface area contributed by atoms with E-state index in [-0.39, 0.29) is 11.4 Å². The van der Waals surface area contributed by atoms with Crippen molar-refractivity contribution in [2.45, 2.75) is 6.92 Å². The van der Waals surface area contributed by atoms with Crippen LogP contribution in [0.2, 0.25) is 0 Å². The van der Waals surface area contributed by atoms with Crippen LogP contribution in [-0.4, -0.2) is 13.2 Å². The molecule has 0 aliphatic carbocycles. The van der Waals surface area contributed by atoms with E-state index in [1.807, 2.05) is 0 Å². The van der Waals surface area contributed by atoms with Crippen molar-refractivity contribution in [1.82, 2.24) is 0 Å². The summed E-state index contributed by atoms with van der Waals surface area (Å²) >= 11 is 0. The van der Waals surface area contributed by atoms with E-state index < -0.39 is 5.82 Å². The lowest BCUT2D eigenvalue weighted by Gasteiger charge is -2.05. The Bertz CT molecular complexity index is 347. The Morgan fingerprint density at radius 2 is 2.23 bits per heavy atom. The highest BCUT2D eigenvalue weighted by Crippen LogP contribution is 2.26. The number of isocyanates is 1. The first-order valence-corrected chi connectivity index (χ1v) is 3.61. The van der Waals surface area contributed by atoms with Crippen molar-refractivity contribution < 1.29 is 13.9 Å². The summed E-state index contributed by atoms with van der Waals surface area (Å²) in [5.41, 5.74) is 0.835. The van der Waals surface area contributed by atoms with E-state index in [2.05, 4.69) is 4.99 Å². The molecule has 0 bridgehead atoms. The molecule has 0 aliphatic rings. The number of aliphatic imine (C=N–C) groups is 1. The van der Waals surface area contributed by atoms with Crippen LogP contribution in [0.5, 0.6) is 5.75 Å². The number of carbonyl (C=O) groups excluding carboxylic acids is 1. The standard InChI is InChI=1S/C9H8FNO2/c1-6-3-7(11-5-12)4-8(10)9(6)13-2/h3-4H,1-2H3. The van der Waals surface area contributed by atoms with Gasteiger partial charge in [0.25, 0.3) is 0 Å². The van der Waals surface area contributed by atoms with Crippen LogP contribution in [0.15, 0.2) is 17.1 Å². The first kappa shape index (κ1) is 9.42. The second-order valence-corrected chi connectivity index (χ2v) is 2.48. The van der Waals surface area contributed by atoms with Crippen LogP contribution >= 0.6 is 0 Å². The summed E-state index contributed by atoms with van der Waals surface area (Å²) in [6.45, 7) is 1.67. The Labute approximate surface area is 74.9 Å². The third-order valence-electron chi connectivity index (χ3n) is 1.59. The molecule has 68 valence electrons. The van der Waals surface area contributed by atoms with Gasteiger partial charge in [-0.25, -0.2) is 9.18 Å². The number of rotatable bonds is 2. The first-order chi connectivity index (χ1) is 6.19. The lowest BCUT2D eigenvalue weighted by Crippen LogP contribution is -1.90. The van der Waals surface area contributed by atoms with E-state index in [4.69, 9.17) is 4.74 Å². The second-order valence-electron chi connectivity index (χ2n) is 2.48. The molecule has 0 heterocycles. The van der Waals surface area contributed by atoms with Gasteiger partial charge in [-0.3, -0.25) is 0 Å². The van der Waals surface area contributed by atoms with Gasteiger partial charge >= 0.3 is 0 Å². The van der Waals surface area contributed by atoms with Crippen molar-refractivity contribution in [3.8, 4) is 5.75 Å². The van der Waals surface area contributed by atoms with Crippen molar-refractivity contribution in [2.24, 2.45) is 4.99 Å². The molecular formula is C9H8FNO2. The maximum atomic E-state index is 13.1. The van der Waals surface area contributed by atoms with Gasteiger partial charge in [0.2, 0.25) is 6.08 Å². The SMILES string of the molecule is COc1c(C)cc(N=C=O)cc1F. The summed E-state index contributed by atoms with van der Waals surface area (Å²) in [5, 5.41) is 0. The fourth-order valence-corrected chi connectivity index (χ4v) is 1.09. The Hall–Kier alpha value is -1.67. The molecule has 0 saturated heterocycles. The zero-order valence-electron chi connectivity index (χ0n) is 7.30. The lowest BCUT2D eigenvalue weighted by molar-refractivity contribution is 0.383. The number of halogens is 1. The van der Waals surface area contributed by atoms with Gasteiger partial charge in [-0.15, -0.1) is 0 Å². The van der Waals surface area contributed by atoms with Gasteiger partial charge < -0.3 is 4.74 Å². The first-order valence-electron chi connectivity index (χ1n) is 3.61. The van der Waals surface area contributed by atoms with Crippen LogP contribution < -0.4 is 4.74 Å². The summed E-state index contributed by atoms with van der Waals surface area (Å²) in [5.74, 6) is -0.360. The van der Waals surface area contributed by atoms with Gasteiger partial charge in [-0.05, 0) is 18.6 Å². The Morgan fingerprint density at radius 3 is 2.69 bits per heavy atom. The van der Waals surface area contributed by atoms with E-state index in [0.29, 0.717) is 5.56 Å². The largest absolute Gasteiger partial charge is 0.493 e. The molecule has 1 aromatic carbocycles.